The van der Waals surface area contributed by atoms with Gasteiger partial charge in [-0.25, -0.2) is 4.57 Å². The molecule has 18 heteroatoms. The van der Waals surface area contributed by atoms with Gasteiger partial charge in [-0.2, -0.15) is 21.6 Å². The summed E-state index contributed by atoms with van der Waals surface area (Å²) in [5.41, 5.74) is -1.22. The number of phosphoric acid groups is 1. The van der Waals surface area contributed by atoms with Gasteiger partial charge in [0.15, 0.2) is 6.10 Å². The number of carbonyl (C=O) groups excluding carboxylic acids is 1. The van der Waals surface area contributed by atoms with Gasteiger partial charge in [-0.05, 0) is 48.9 Å². The zero-order chi connectivity index (χ0) is 31.3. The molecule has 0 aliphatic carbocycles. The second-order valence-electron chi connectivity index (χ2n) is 8.88. The molecule has 2 aromatic carbocycles. The molecule has 2 aromatic rings. The molecule has 0 spiro atoms. The third kappa shape index (κ3) is 9.37. The van der Waals surface area contributed by atoms with Crippen LogP contribution < -0.4 is 9.26 Å². The molecule has 0 amide bonds. The average Bonchev–Trinajstić information content (AvgIpc) is 2.89. The van der Waals surface area contributed by atoms with E-state index in [1.165, 1.54) is 12.1 Å². The lowest BCUT2D eigenvalue weighted by Gasteiger charge is -2.43. The van der Waals surface area contributed by atoms with Gasteiger partial charge in [0, 0.05) is 13.5 Å². The lowest BCUT2D eigenvalue weighted by atomic mass is 9.98. The van der Waals surface area contributed by atoms with Crippen LogP contribution in [0.2, 0.25) is 0 Å². The highest BCUT2D eigenvalue weighted by Gasteiger charge is 2.50. The van der Waals surface area contributed by atoms with Gasteiger partial charge in [0.1, 0.15) is 29.8 Å². The van der Waals surface area contributed by atoms with Crippen LogP contribution in [0.1, 0.15) is 25.8 Å². The number of hydrogen-bond acceptors (Lipinski definition) is 11. The van der Waals surface area contributed by atoms with Crippen LogP contribution >= 0.6 is 7.82 Å². The third-order valence-corrected chi connectivity index (χ3v) is 7.30. The van der Waals surface area contributed by atoms with Crippen molar-refractivity contribution in [1.29, 1.82) is 0 Å². The maximum absolute atomic E-state index is 13.1. The number of ether oxygens (including phenoxy) is 4. The lowest BCUT2D eigenvalue weighted by molar-refractivity contribution is -0.288. The molecule has 1 aliphatic rings. The van der Waals surface area contributed by atoms with E-state index in [4.69, 9.17) is 32.9 Å². The first-order valence-corrected chi connectivity index (χ1v) is 15.1. The van der Waals surface area contributed by atoms with Gasteiger partial charge >= 0.3 is 20.0 Å². The number of aliphatic hydroxyl groups is 1. The molecule has 5 atom stereocenters. The van der Waals surface area contributed by atoms with Gasteiger partial charge in [0.05, 0.1) is 17.1 Å². The number of aliphatic hydroxyl groups excluding tert-OH is 1. The van der Waals surface area contributed by atoms with Crippen LogP contribution in [-0.2, 0) is 44.0 Å². The number of benzene rings is 2. The second-order valence-corrected chi connectivity index (χ2v) is 11.7. The Kier molecular flexibility index (Phi) is 11.0. The molecule has 3 N–H and O–H groups in total. The molecule has 1 heterocycles. The molecule has 3 rings (SSSR count). The van der Waals surface area contributed by atoms with Crippen molar-refractivity contribution in [3.8, 4) is 11.5 Å². The predicted molar refractivity (Wildman–Crippen MR) is 135 cm³/mol. The van der Waals surface area contributed by atoms with E-state index in [0.717, 1.165) is 31.2 Å². The highest BCUT2D eigenvalue weighted by Crippen LogP contribution is 2.38. The van der Waals surface area contributed by atoms with Crippen molar-refractivity contribution in [3.05, 3.63) is 54.1 Å². The number of phosphoric ester groups is 1. The van der Waals surface area contributed by atoms with Crippen molar-refractivity contribution < 1.29 is 73.5 Å². The summed E-state index contributed by atoms with van der Waals surface area (Å²) < 4.78 is 107. The summed E-state index contributed by atoms with van der Waals surface area (Å²) in [4.78, 5) is 29.0. The first kappa shape index (κ1) is 33.7. The molecule has 0 radical (unpaired) electrons. The van der Waals surface area contributed by atoms with E-state index in [-0.39, 0.29) is 18.1 Å². The van der Waals surface area contributed by atoms with Gasteiger partial charge in [0.2, 0.25) is 6.29 Å². The van der Waals surface area contributed by atoms with Crippen molar-refractivity contribution in [2.75, 3.05) is 13.2 Å². The maximum atomic E-state index is 13.1. The summed E-state index contributed by atoms with van der Waals surface area (Å²) in [6, 6.07) is 7.64. The van der Waals surface area contributed by atoms with E-state index in [9.17, 15) is 36.1 Å². The molecule has 13 nitrogen and oxygen atoms in total. The fourth-order valence-corrected chi connectivity index (χ4v) is 5.15. The van der Waals surface area contributed by atoms with Crippen LogP contribution in [0.15, 0.2) is 53.4 Å². The number of carbonyl (C=O) groups is 1. The highest BCUT2D eigenvalue weighted by atomic mass is 32.2. The summed E-state index contributed by atoms with van der Waals surface area (Å²) in [5, 5.41) is 11.0. The summed E-state index contributed by atoms with van der Waals surface area (Å²) in [7, 11) is -9.60. The molecular formula is C24H28F3O13PS. The fourth-order valence-electron chi connectivity index (χ4n) is 3.79. The standard InChI is InChI=1S/C24H28F3O13PS/c1-3-11-35-21-20(29)19(13-36-42(33,34)18-6-4-5-15(12-18)24(25,26)27)39-23(22(21)37-14(2)28)38-16-7-9-17(10-8-16)40-41(30,31)32/h4-10,12,19-23,29H,3,11,13H2,1-2H3,(H2,30,31,32). The molecule has 42 heavy (non-hydrogen) atoms. The minimum absolute atomic E-state index is 0.0112. The number of alkyl halides is 3. The van der Waals surface area contributed by atoms with Crippen LogP contribution in [0, 0.1) is 0 Å². The van der Waals surface area contributed by atoms with Gasteiger partial charge in [-0.3, -0.25) is 18.8 Å². The quantitative estimate of drug-likeness (QED) is 0.174. The van der Waals surface area contributed by atoms with Crippen molar-refractivity contribution in [3.63, 3.8) is 0 Å². The molecule has 0 saturated carbocycles. The first-order chi connectivity index (χ1) is 19.5. The van der Waals surface area contributed by atoms with E-state index in [0.29, 0.717) is 18.6 Å². The van der Waals surface area contributed by atoms with Crippen molar-refractivity contribution >= 4 is 23.9 Å². The molecule has 234 valence electrons. The van der Waals surface area contributed by atoms with Gasteiger partial charge in [-0.15, -0.1) is 0 Å². The Morgan fingerprint density at radius 2 is 1.71 bits per heavy atom. The Morgan fingerprint density at radius 1 is 1.07 bits per heavy atom. The fraction of sp³-hybridized carbons (Fsp3) is 0.458. The minimum Gasteiger partial charge on any atom is -0.461 e. The minimum atomic E-state index is -4.84. The molecule has 0 aromatic heterocycles. The van der Waals surface area contributed by atoms with Crippen LogP contribution in [0.3, 0.4) is 0 Å². The van der Waals surface area contributed by atoms with Crippen molar-refractivity contribution in [2.24, 2.45) is 0 Å². The Bertz CT molecular complexity index is 1360. The van der Waals surface area contributed by atoms with E-state index in [1.54, 1.807) is 6.92 Å². The van der Waals surface area contributed by atoms with E-state index in [1.807, 2.05) is 0 Å². The van der Waals surface area contributed by atoms with E-state index < -0.39 is 77.9 Å². The van der Waals surface area contributed by atoms with Crippen LogP contribution in [0.4, 0.5) is 13.2 Å². The molecule has 1 aliphatic heterocycles. The molecule has 5 unspecified atom stereocenters. The van der Waals surface area contributed by atoms with Gasteiger partial charge in [0.25, 0.3) is 10.1 Å². The second kappa shape index (κ2) is 13.7. The smallest absolute Gasteiger partial charge is 0.461 e. The Morgan fingerprint density at radius 3 is 2.29 bits per heavy atom. The number of rotatable bonds is 12. The average molecular weight is 645 g/mol. The topological polar surface area (TPSA) is 184 Å². The van der Waals surface area contributed by atoms with Crippen molar-refractivity contribution in [1.82, 2.24) is 0 Å². The Labute approximate surface area is 238 Å². The zero-order valence-electron chi connectivity index (χ0n) is 22.0. The SMILES string of the molecule is CCCOC1C(O)C(COS(=O)(=O)c2cccc(C(F)(F)F)c2)OC(Oc2ccc(OP(=O)(O)O)cc2)C1OC(C)=O. The summed E-state index contributed by atoms with van der Waals surface area (Å²) in [6.07, 6.45) is -11.8. The molecular weight excluding hydrogens is 616 g/mol. The number of hydrogen-bond donors (Lipinski definition) is 3. The lowest BCUT2D eigenvalue weighted by Crippen LogP contribution is -2.62. The summed E-state index contributed by atoms with van der Waals surface area (Å²) >= 11 is 0. The van der Waals surface area contributed by atoms with Gasteiger partial charge < -0.3 is 28.6 Å². The Balaban J connectivity index is 1.86. The van der Waals surface area contributed by atoms with Crippen LogP contribution in [0.25, 0.3) is 0 Å². The number of esters is 1. The third-order valence-electron chi connectivity index (χ3n) is 5.57. The maximum Gasteiger partial charge on any atom is 0.524 e. The van der Waals surface area contributed by atoms with Gasteiger partial charge in [-0.1, -0.05) is 13.0 Å². The molecule has 1 saturated heterocycles. The number of halogens is 3. The highest BCUT2D eigenvalue weighted by molar-refractivity contribution is 7.86. The van der Waals surface area contributed by atoms with E-state index in [2.05, 4.69) is 4.52 Å². The largest absolute Gasteiger partial charge is 0.524 e. The predicted octanol–water partition coefficient (Wildman–Crippen LogP) is 2.77. The van der Waals surface area contributed by atoms with Crippen LogP contribution in [-0.4, -0.2) is 73.2 Å². The summed E-state index contributed by atoms with van der Waals surface area (Å²) in [5.74, 6) is -0.999. The molecule has 0 bridgehead atoms. The van der Waals surface area contributed by atoms with E-state index >= 15 is 0 Å². The monoisotopic (exact) mass is 644 g/mol. The molecule has 1 fully saturated rings. The first-order valence-electron chi connectivity index (χ1n) is 12.2. The zero-order valence-corrected chi connectivity index (χ0v) is 23.8. The van der Waals surface area contributed by atoms with Crippen LogP contribution in [0.5, 0.6) is 11.5 Å². The normalized spacial score (nSPS) is 23.3. The van der Waals surface area contributed by atoms with Crippen molar-refractivity contribution in [2.45, 2.75) is 62.0 Å². The Hall–Kier alpha value is -2.76. The summed E-state index contributed by atoms with van der Waals surface area (Å²) in [6.45, 7) is 2.00.